The van der Waals surface area contributed by atoms with Gasteiger partial charge in [0.05, 0.1) is 25.7 Å². The minimum Gasteiger partial charge on any atom is -0.379 e. The Balaban J connectivity index is 1.39. The van der Waals surface area contributed by atoms with Gasteiger partial charge in [-0.2, -0.15) is 0 Å². The standard InChI is InChI=1S/C34H36BrClN4O3S/c1-23-3-10-27(11-4-23)44-34(33(42)37-13-2-14-39-15-17-43-18-16-39)20-31(41)40(22-24-5-7-25(35)8-6-24)32(34)29-21-38-30-19-26(36)9-12-28(29)30/h3-12,19,21,32,38H,2,13-18,20,22H2,1H3,(H,37,42)/t32-,34+/m1/s1. The summed E-state index contributed by atoms with van der Waals surface area (Å²) in [7, 11) is 0. The summed E-state index contributed by atoms with van der Waals surface area (Å²) in [5.41, 5.74) is 3.91. The third-order valence-corrected chi connectivity index (χ3v) is 10.7. The minimum absolute atomic E-state index is 0.0516. The topological polar surface area (TPSA) is 77.7 Å². The molecule has 2 N–H and O–H groups in total. The van der Waals surface area contributed by atoms with Gasteiger partial charge in [0.25, 0.3) is 0 Å². The van der Waals surface area contributed by atoms with Crippen molar-refractivity contribution in [3.8, 4) is 0 Å². The number of H-pyrrole nitrogens is 1. The highest BCUT2D eigenvalue weighted by molar-refractivity contribution is 9.10. The first-order valence-corrected chi connectivity index (χ1v) is 17.0. The SMILES string of the molecule is Cc1ccc(S[C@@]2(C(=O)NCCCN3CCOCC3)CC(=O)N(Cc3ccc(Br)cc3)[C@@H]2c2c[nH]c3cc(Cl)ccc23)cc1. The summed E-state index contributed by atoms with van der Waals surface area (Å²) in [6.45, 7) is 7.17. The van der Waals surface area contributed by atoms with Crippen LogP contribution in [0.4, 0.5) is 0 Å². The molecule has 7 nitrogen and oxygen atoms in total. The zero-order valence-electron chi connectivity index (χ0n) is 24.7. The maximum absolute atomic E-state index is 14.6. The van der Waals surface area contributed by atoms with Gasteiger partial charge in [-0.3, -0.25) is 14.5 Å². The number of thioether (sulfide) groups is 1. The fraction of sp³-hybridized carbons (Fsp3) is 0.353. The zero-order valence-corrected chi connectivity index (χ0v) is 27.8. The van der Waals surface area contributed by atoms with Gasteiger partial charge in [-0.15, -0.1) is 11.8 Å². The largest absolute Gasteiger partial charge is 0.379 e. The molecule has 0 saturated carbocycles. The second-order valence-electron chi connectivity index (χ2n) is 11.5. The second-order valence-corrected chi connectivity index (χ2v) is 14.3. The van der Waals surface area contributed by atoms with E-state index in [1.165, 1.54) is 11.8 Å². The minimum atomic E-state index is -1.10. The lowest BCUT2D eigenvalue weighted by Gasteiger charge is -2.36. The molecule has 2 aliphatic rings. The van der Waals surface area contributed by atoms with Crippen molar-refractivity contribution in [1.82, 2.24) is 20.1 Å². The van der Waals surface area contributed by atoms with Gasteiger partial charge in [-0.05, 0) is 61.9 Å². The van der Waals surface area contributed by atoms with Gasteiger partial charge in [0.15, 0.2) is 0 Å². The van der Waals surface area contributed by atoms with Crippen molar-refractivity contribution in [3.63, 3.8) is 0 Å². The molecule has 44 heavy (non-hydrogen) atoms. The van der Waals surface area contributed by atoms with E-state index < -0.39 is 10.8 Å². The van der Waals surface area contributed by atoms with Crippen molar-refractivity contribution in [2.24, 2.45) is 0 Å². The normalized spacial score (nSPS) is 20.8. The van der Waals surface area contributed by atoms with Crippen LogP contribution in [0, 0.1) is 6.92 Å². The van der Waals surface area contributed by atoms with E-state index in [0.29, 0.717) is 18.1 Å². The number of aromatic nitrogens is 1. The summed E-state index contributed by atoms with van der Waals surface area (Å²) in [6.07, 6.45) is 2.85. The number of morpholine rings is 1. The number of likely N-dealkylation sites (tertiary alicyclic amines) is 1. The lowest BCUT2D eigenvalue weighted by Crippen LogP contribution is -2.48. The molecule has 0 aliphatic carbocycles. The number of benzene rings is 3. The number of rotatable bonds is 10. The molecular formula is C34H36BrClN4O3S. The maximum atomic E-state index is 14.6. The van der Waals surface area contributed by atoms with Crippen LogP contribution in [-0.4, -0.2) is 70.7 Å². The van der Waals surface area contributed by atoms with Crippen LogP contribution in [0.2, 0.25) is 5.02 Å². The van der Waals surface area contributed by atoms with Crippen molar-refractivity contribution in [2.75, 3.05) is 39.4 Å². The number of halogens is 2. The Hall–Kier alpha value is -2.82. The van der Waals surface area contributed by atoms with Crippen molar-refractivity contribution in [1.29, 1.82) is 0 Å². The number of nitrogens with zero attached hydrogens (tertiary/aromatic N) is 2. The van der Waals surface area contributed by atoms with E-state index in [4.69, 9.17) is 16.3 Å². The summed E-state index contributed by atoms with van der Waals surface area (Å²) < 4.78 is 5.35. The number of fused-ring (bicyclic) bond motifs is 1. The van der Waals surface area contributed by atoms with E-state index in [1.54, 1.807) is 0 Å². The molecule has 3 heterocycles. The van der Waals surface area contributed by atoms with E-state index in [0.717, 1.165) is 76.2 Å². The fourth-order valence-electron chi connectivity index (χ4n) is 6.19. The van der Waals surface area contributed by atoms with Gasteiger partial charge >= 0.3 is 0 Å². The lowest BCUT2D eigenvalue weighted by molar-refractivity contribution is -0.129. The fourth-order valence-corrected chi connectivity index (χ4v) is 8.04. The zero-order chi connectivity index (χ0) is 30.7. The number of ether oxygens (including phenoxy) is 1. The monoisotopic (exact) mass is 694 g/mol. The number of carbonyl (C=O) groups excluding carboxylic acids is 2. The number of hydrogen-bond donors (Lipinski definition) is 2. The van der Waals surface area contributed by atoms with Crippen LogP contribution in [0.25, 0.3) is 10.9 Å². The van der Waals surface area contributed by atoms with Gasteiger partial charge in [-0.25, -0.2) is 0 Å². The summed E-state index contributed by atoms with van der Waals surface area (Å²) in [5.74, 6) is -0.172. The van der Waals surface area contributed by atoms with Crippen LogP contribution in [-0.2, 0) is 20.9 Å². The number of hydrogen-bond acceptors (Lipinski definition) is 5. The van der Waals surface area contributed by atoms with Crippen molar-refractivity contribution >= 4 is 62.0 Å². The van der Waals surface area contributed by atoms with Gasteiger partial charge in [0, 0.05) is 63.2 Å². The van der Waals surface area contributed by atoms with Crippen molar-refractivity contribution in [3.05, 3.63) is 99.1 Å². The smallest absolute Gasteiger partial charge is 0.239 e. The van der Waals surface area contributed by atoms with Crippen LogP contribution >= 0.6 is 39.3 Å². The number of aryl methyl sites for hydroxylation is 1. The Bertz CT molecular complexity index is 1620. The van der Waals surface area contributed by atoms with Gasteiger partial charge in [-0.1, -0.05) is 63.4 Å². The molecule has 2 fully saturated rings. The van der Waals surface area contributed by atoms with Gasteiger partial charge < -0.3 is 19.9 Å². The molecule has 2 aliphatic heterocycles. The molecule has 0 bridgehead atoms. The van der Waals surface area contributed by atoms with Crippen molar-refractivity contribution < 1.29 is 14.3 Å². The van der Waals surface area contributed by atoms with E-state index >= 15 is 0 Å². The summed E-state index contributed by atoms with van der Waals surface area (Å²) in [6, 6.07) is 21.4. The Labute approximate surface area is 275 Å². The first kappa shape index (κ1) is 31.2. The van der Waals surface area contributed by atoms with Crippen LogP contribution in [0.3, 0.4) is 0 Å². The molecule has 2 atom stereocenters. The predicted octanol–water partition coefficient (Wildman–Crippen LogP) is 6.74. The summed E-state index contributed by atoms with van der Waals surface area (Å²) in [5, 5.41) is 4.84. The van der Waals surface area contributed by atoms with Gasteiger partial charge in [0.2, 0.25) is 11.8 Å². The molecule has 230 valence electrons. The average molecular weight is 696 g/mol. The molecule has 0 spiro atoms. The quantitative estimate of drug-likeness (QED) is 0.180. The lowest BCUT2D eigenvalue weighted by atomic mass is 9.91. The van der Waals surface area contributed by atoms with E-state index in [-0.39, 0.29) is 18.2 Å². The van der Waals surface area contributed by atoms with Crippen LogP contribution in [0.1, 0.15) is 35.6 Å². The summed E-state index contributed by atoms with van der Waals surface area (Å²) in [4.78, 5) is 37.3. The highest BCUT2D eigenvalue weighted by Gasteiger charge is 2.58. The first-order chi connectivity index (χ1) is 21.3. The predicted molar refractivity (Wildman–Crippen MR) is 180 cm³/mol. The van der Waals surface area contributed by atoms with Crippen LogP contribution < -0.4 is 5.32 Å². The molecule has 10 heteroatoms. The first-order valence-electron chi connectivity index (χ1n) is 15.0. The van der Waals surface area contributed by atoms with Crippen molar-refractivity contribution in [2.45, 2.75) is 42.0 Å². The van der Waals surface area contributed by atoms with E-state index in [2.05, 4.69) is 43.3 Å². The molecule has 3 aromatic carbocycles. The Morgan fingerprint density at radius 2 is 1.86 bits per heavy atom. The maximum Gasteiger partial charge on any atom is 0.239 e. The summed E-state index contributed by atoms with van der Waals surface area (Å²) >= 11 is 11.4. The van der Waals surface area contributed by atoms with Gasteiger partial charge in [0.1, 0.15) is 4.75 Å². The molecule has 6 rings (SSSR count). The highest BCUT2D eigenvalue weighted by atomic mass is 79.9. The van der Waals surface area contributed by atoms with Crippen LogP contribution in [0.5, 0.6) is 0 Å². The molecular weight excluding hydrogens is 660 g/mol. The Morgan fingerprint density at radius 1 is 1.11 bits per heavy atom. The highest BCUT2D eigenvalue weighted by Crippen LogP contribution is 2.54. The number of amides is 2. The molecule has 2 saturated heterocycles. The number of nitrogens with one attached hydrogen (secondary N) is 2. The van der Waals surface area contributed by atoms with Crippen LogP contribution in [0.15, 0.2) is 82.3 Å². The molecule has 1 aromatic heterocycles. The number of aromatic amines is 1. The molecule has 0 radical (unpaired) electrons. The Morgan fingerprint density at radius 3 is 2.61 bits per heavy atom. The Kier molecular flexibility index (Phi) is 9.68. The molecule has 0 unspecified atom stereocenters. The third-order valence-electron chi connectivity index (χ3n) is 8.47. The van der Waals surface area contributed by atoms with E-state index in [9.17, 15) is 9.59 Å². The molecule has 4 aromatic rings. The average Bonchev–Trinajstić information content (AvgIpc) is 3.55. The third kappa shape index (κ3) is 6.72. The second kappa shape index (κ2) is 13.7. The molecule has 2 amide bonds. The number of carbonyl (C=O) groups is 2. The van der Waals surface area contributed by atoms with E-state index in [1.807, 2.05) is 72.6 Å².